The van der Waals surface area contributed by atoms with Crippen molar-refractivity contribution in [3.8, 4) is 0 Å². The molecule has 1 unspecified atom stereocenters. The molecule has 0 spiro atoms. The van der Waals surface area contributed by atoms with Crippen LogP contribution in [0.5, 0.6) is 0 Å². The van der Waals surface area contributed by atoms with Gasteiger partial charge >= 0.3 is 0 Å². The molecule has 0 aliphatic carbocycles. The third kappa shape index (κ3) is 4.45. The highest BCUT2D eigenvalue weighted by atomic mass is 35.5. The number of carbonyl (C=O) groups excluding carboxylic acids is 1. The van der Waals surface area contributed by atoms with Crippen molar-refractivity contribution in [3.63, 3.8) is 0 Å². The Morgan fingerprint density at radius 2 is 2.09 bits per heavy atom. The molecule has 1 amide bonds. The Balaban J connectivity index is 2.05. The van der Waals surface area contributed by atoms with Crippen LogP contribution in [-0.4, -0.2) is 63.3 Å². The molecule has 1 N–H and O–H groups in total. The van der Waals surface area contributed by atoms with Crippen LogP contribution < -0.4 is 5.32 Å². The largest absolute Gasteiger partial charge is 0.341 e. The van der Waals surface area contributed by atoms with Gasteiger partial charge in [-0.05, 0) is 25.6 Å². The molecular formula is C14H22ClN3O3S2. The highest BCUT2D eigenvalue weighted by molar-refractivity contribution is 7.91. The minimum Gasteiger partial charge on any atom is -0.341 e. The molecule has 23 heavy (non-hydrogen) atoms. The van der Waals surface area contributed by atoms with Gasteiger partial charge in [-0.3, -0.25) is 4.79 Å². The van der Waals surface area contributed by atoms with Gasteiger partial charge in [0.1, 0.15) is 4.21 Å². The number of thiophene rings is 1. The van der Waals surface area contributed by atoms with Crippen molar-refractivity contribution in [2.75, 3.05) is 39.8 Å². The number of nitrogens with zero attached hydrogens (tertiary/aromatic N) is 2. The SMILES string of the molecule is CNCC(C)C(=O)N1CCCN(S(=O)(=O)c2ccc(Cl)s2)CC1. The minimum atomic E-state index is -3.53. The average Bonchev–Trinajstić information content (AvgIpc) is 2.81. The van der Waals surface area contributed by atoms with E-state index in [9.17, 15) is 13.2 Å². The lowest BCUT2D eigenvalue weighted by molar-refractivity contribution is -0.134. The fourth-order valence-corrected chi connectivity index (χ4v) is 5.73. The van der Waals surface area contributed by atoms with Gasteiger partial charge in [0, 0.05) is 38.6 Å². The number of hydrogen-bond acceptors (Lipinski definition) is 5. The normalized spacial score (nSPS) is 18.7. The van der Waals surface area contributed by atoms with Gasteiger partial charge in [-0.2, -0.15) is 4.31 Å². The summed E-state index contributed by atoms with van der Waals surface area (Å²) in [5, 5.41) is 3.00. The Labute approximate surface area is 146 Å². The van der Waals surface area contributed by atoms with Crippen molar-refractivity contribution in [1.82, 2.24) is 14.5 Å². The van der Waals surface area contributed by atoms with Crippen LogP contribution in [0.2, 0.25) is 4.34 Å². The molecule has 6 nitrogen and oxygen atoms in total. The molecule has 0 bridgehead atoms. The quantitative estimate of drug-likeness (QED) is 0.841. The Morgan fingerprint density at radius 1 is 1.35 bits per heavy atom. The lowest BCUT2D eigenvalue weighted by Crippen LogP contribution is -2.41. The zero-order valence-corrected chi connectivity index (χ0v) is 15.7. The van der Waals surface area contributed by atoms with E-state index in [0.717, 1.165) is 11.3 Å². The number of amides is 1. The second kappa shape index (κ2) is 7.94. The van der Waals surface area contributed by atoms with Gasteiger partial charge in [0.25, 0.3) is 10.0 Å². The minimum absolute atomic E-state index is 0.0674. The summed E-state index contributed by atoms with van der Waals surface area (Å²) in [7, 11) is -1.71. The predicted molar refractivity (Wildman–Crippen MR) is 92.4 cm³/mol. The van der Waals surface area contributed by atoms with Gasteiger partial charge in [-0.25, -0.2) is 8.42 Å². The van der Waals surface area contributed by atoms with Crippen molar-refractivity contribution in [3.05, 3.63) is 16.5 Å². The maximum atomic E-state index is 12.6. The molecule has 1 aliphatic heterocycles. The van der Waals surface area contributed by atoms with Crippen molar-refractivity contribution in [2.24, 2.45) is 5.92 Å². The number of nitrogens with one attached hydrogen (secondary N) is 1. The molecule has 0 saturated carbocycles. The second-order valence-corrected chi connectivity index (χ2v) is 9.48. The molecule has 1 aliphatic rings. The molecule has 1 aromatic rings. The summed E-state index contributed by atoms with van der Waals surface area (Å²) >= 11 is 6.90. The van der Waals surface area contributed by atoms with Crippen LogP contribution in [0.25, 0.3) is 0 Å². The summed E-state index contributed by atoms with van der Waals surface area (Å²) in [4.78, 5) is 14.1. The highest BCUT2D eigenvalue weighted by Gasteiger charge is 2.30. The Hall–Kier alpha value is -0.670. The smallest absolute Gasteiger partial charge is 0.252 e. The van der Waals surface area contributed by atoms with Gasteiger partial charge in [0.05, 0.1) is 4.34 Å². The highest BCUT2D eigenvalue weighted by Crippen LogP contribution is 2.28. The predicted octanol–water partition coefficient (Wildman–Crippen LogP) is 1.48. The molecule has 9 heteroatoms. The maximum absolute atomic E-state index is 12.6. The molecule has 1 atom stereocenters. The topological polar surface area (TPSA) is 69.7 Å². The van der Waals surface area contributed by atoms with Crippen LogP contribution in [0.3, 0.4) is 0 Å². The van der Waals surface area contributed by atoms with Crippen LogP contribution in [0.15, 0.2) is 16.3 Å². The number of rotatable bonds is 5. The number of sulfonamides is 1. The first kappa shape index (κ1) is 18.7. The zero-order valence-electron chi connectivity index (χ0n) is 13.3. The Kier molecular flexibility index (Phi) is 6.44. The van der Waals surface area contributed by atoms with E-state index in [1.165, 1.54) is 10.4 Å². The van der Waals surface area contributed by atoms with E-state index in [4.69, 9.17) is 11.6 Å². The lowest BCUT2D eigenvalue weighted by Gasteiger charge is -2.24. The van der Waals surface area contributed by atoms with Gasteiger partial charge < -0.3 is 10.2 Å². The Morgan fingerprint density at radius 3 is 2.70 bits per heavy atom. The summed E-state index contributed by atoms with van der Waals surface area (Å²) in [6, 6.07) is 3.12. The first-order valence-corrected chi connectivity index (χ1v) is 10.2. The van der Waals surface area contributed by atoms with E-state index < -0.39 is 10.0 Å². The van der Waals surface area contributed by atoms with Crippen LogP contribution in [-0.2, 0) is 14.8 Å². The van der Waals surface area contributed by atoms with Crippen molar-refractivity contribution >= 4 is 38.9 Å². The molecule has 2 heterocycles. The first-order valence-electron chi connectivity index (χ1n) is 7.55. The van der Waals surface area contributed by atoms with E-state index in [-0.39, 0.29) is 16.0 Å². The van der Waals surface area contributed by atoms with E-state index >= 15 is 0 Å². The number of hydrogen-bond donors (Lipinski definition) is 1. The molecule has 2 rings (SSSR count). The molecule has 0 radical (unpaired) electrons. The van der Waals surface area contributed by atoms with Crippen LogP contribution in [0.4, 0.5) is 0 Å². The van der Waals surface area contributed by atoms with E-state index in [2.05, 4.69) is 5.32 Å². The van der Waals surface area contributed by atoms with Gasteiger partial charge in [0.15, 0.2) is 0 Å². The molecular weight excluding hydrogens is 358 g/mol. The molecule has 1 saturated heterocycles. The molecule has 130 valence electrons. The summed E-state index contributed by atoms with van der Waals surface area (Å²) in [5.74, 6) is -0.0444. The standard InChI is InChI=1S/C14H22ClN3O3S2/c1-11(10-16-2)14(19)17-6-3-7-18(9-8-17)23(20,21)13-5-4-12(15)22-13/h4-5,11,16H,3,6-10H2,1-2H3. The second-order valence-electron chi connectivity index (χ2n) is 5.60. The fourth-order valence-electron chi connectivity index (χ4n) is 2.62. The van der Waals surface area contributed by atoms with Crippen molar-refractivity contribution in [1.29, 1.82) is 0 Å². The summed E-state index contributed by atoms with van der Waals surface area (Å²) in [6.07, 6.45) is 0.635. The third-order valence-corrected chi connectivity index (χ3v) is 7.44. The number of halogens is 1. The molecule has 1 aromatic heterocycles. The van der Waals surface area contributed by atoms with E-state index in [1.54, 1.807) is 11.0 Å². The van der Waals surface area contributed by atoms with Crippen molar-refractivity contribution in [2.45, 2.75) is 17.6 Å². The fraction of sp³-hybridized carbons (Fsp3) is 0.643. The lowest BCUT2D eigenvalue weighted by atomic mass is 10.1. The average molecular weight is 380 g/mol. The maximum Gasteiger partial charge on any atom is 0.252 e. The summed E-state index contributed by atoms with van der Waals surface area (Å²) in [5.41, 5.74) is 0. The first-order chi connectivity index (χ1) is 10.9. The number of carbonyl (C=O) groups is 1. The van der Waals surface area contributed by atoms with Gasteiger partial charge in [-0.15, -0.1) is 11.3 Å². The summed E-state index contributed by atoms with van der Waals surface area (Å²) in [6.45, 7) is 4.24. The van der Waals surface area contributed by atoms with Crippen molar-refractivity contribution < 1.29 is 13.2 Å². The summed E-state index contributed by atoms with van der Waals surface area (Å²) < 4.78 is 27.4. The van der Waals surface area contributed by atoms with E-state index in [1.807, 2.05) is 14.0 Å². The van der Waals surface area contributed by atoms with E-state index in [0.29, 0.717) is 43.5 Å². The van der Waals surface area contributed by atoms with Crippen LogP contribution >= 0.6 is 22.9 Å². The van der Waals surface area contributed by atoms with Crippen LogP contribution in [0.1, 0.15) is 13.3 Å². The molecule has 1 fully saturated rings. The Bertz CT molecular complexity index is 647. The molecule has 0 aromatic carbocycles. The van der Waals surface area contributed by atoms with Gasteiger partial charge in [-0.1, -0.05) is 18.5 Å². The third-order valence-electron chi connectivity index (χ3n) is 3.84. The monoisotopic (exact) mass is 379 g/mol. The zero-order chi connectivity index (χ0) is 17.0. The van der Waals surface area contributed by atoms with Gasteiger partial charge in [0.2, 0.25) is 5.91 Å². The van der Waals surface area contributed by atoms with Crippen LogP contribution in [0, 0.1) is 5.92 Å².